The molecule has 0 radical (unpaired) electrons. The molecule has 0 bridgehead atoms. The molecule has 20 heavy (non-hydrogen) atoms. The van der Waals surface area contributed by atoms with E-state index in [2.05, 4.69) is 12.2 Å². The van der Waals surface area contributed by atoms with Crippen molar-refractivity contribution in [2.24, 2.45) is 5.92 Å². The average Bonchev–Trinajstić information content (AvgIpc) is 2.81. The molecule has 0 unspecified atom stereocenters. The molecule has 5 nitrogen and oxygen atoms in total. The van der Waals surface area contributed by atoms with E-state index in [9.17, 15) is 9.59 Å². The van der Waals surface area contributed by atoms with Gasteiger partial charge in [0.25, 0.3) is 0 Å². The van der Waals surface area contributed by atoms with Gasteiger partial charge in [-0.15, -0.1) is 0 Å². The summed E-state index contributed by atoms with van der Waals surface area (Å²) in [5, 5.41) is 2.95. The highest BCUT2D eigenvalue weighted by atomic mass is 16.5. The fourth-order valence-corrected chi connectivity index (χ4v) is 2.57. The molecular formula is C15H28N2O3. The maximum atomic E-state index is 12.0. The first-order chi connectivity index (χ1) is 9.60. The van der Waals surface area contributed by atoms with Crippen LogP contribution in [-0.2, 0) is 14.3 Å². The van der Waals surface area contributed by atoms with Crippen LogP contribution in [0.3, 0.4) is 0 Å². The average molecular weight is 284 g/mol. The summed E-state index contributed by atoms with van der Waals surface area (Å²) in [6.45, 7) is 5.86. The lowest BCUT2D eigenvalue weighted by Crippen LogP contribution is -2.39. The first-order valence-corrected chi connectivity index (χ1v) is 7.66. The number of ether oxygens (including phenoxy) is 1. The summed E-state index contributed by atoms with van der Waals surface area (Å²) in [6, 6.07) is 0.0369. The number of carbonyl (C=O) groups is 2. The van der Waals surface area contributed by atoms with Crippen LogP contribution in [0, 0.1) is 5.92 Å². The molecule has 5 heteroatoms. The van der Waals surface area contributed by atoms with Crippen LogP contribution in [0.15, 0.2) is 0 Å². The normalized spacial score (nSPS) is 20.2. The Balaban J connectivity index is 2.30. The van der Waals surface area contributed by atoms with Gasteiger partial charge in [0.1, 0.15) is 0 Å². The van der Waals surface area contributed by atoms with Gasteiger partial charge in [0.2, 0.25) is 11.8 Å². The van der Waals surface area contributed by atoms with E-state index < -0.39 is 0 Å². The second kappa shape index (κ2) is 8.95. The van der Waals surface area contributed by atoms with E-state index in [1.807, 2.05) is 6.92 Å². The molecule has 1 aliphatic rings. The third-order valence-electron chi connectivity index (χ3n) is 3.80. The van der Waals surface area contributed by atoms with E-state index in [1.165, 1.54) is 12.8 Å². The molecule has 1 rings (SSSR count). The maximum absolute atomic E-state index is 12.0. The molecule has 1 saturated heterocycles. The topological polar surface area (TPSA) is 58.6 Å². The van der Waals surface area contributed by atoms with E-state index in [0.29, 0.717) is 19.6 Å². The highest BCUT2D eigenvalue weighted by molar-refractivity contribution is 5.89. The van der Waals surface area contributed by atoms with Crippen molar-refractivity contribution in [1.29, 1.82) is 0 Å². The predicted octanol–water partition coefficient (Wildman–Crippen LogP) is 1.57. The number of likely N-dealkylation sites (tertiary alicyclic amines) is 1. The molecule has 1 N–H and O–H groups in total. The number of hydrogen-bond donors (Lipinski definition) is 1. The Kier molecular flexibility index (Phi) is 7.59. The van der Waals surface area contributed by atoms with Crippen molar-refractivity contribution in [3.63, 3.8) is 0 Å². The van der Waals surface area contributed by atoms with Gasteiger partial charge in [0, 0.05) is 26.6 Å². The van der Waals surface area contributed by atoms with Crippen molar-refractivity contribution in [3.05, 3.63) is 0 Å². The van der Waals surface area contributed by atoms with Gasteiger partial charge >= 0.3 is 0 Å². The zero-order valence-corrected chi connectivity index (χ0v) is 13.0. The Hall–Kier alpha value is -1.10. The maximum Gasteiger partial charge on any atom is 0.225 e. The standard InChI is InChI=1S/C15H28N2O3/c1-4-5-6-7-8-16-15(19)13-9-14(18)17(10-13)12(2)11-20-3/h12-13H,4-11H2,1-3H3,(H,16,19)/t12-,13-/m0/s1. The summed E-state index contributed by atoms with van der Waals surface area (Å²) in [7, 11) is 1.62. The Labute approximate surface area is 122 Å². The van der Waals surface area contributed by atoms with Gasteiger partial charge < -0.3 is 15.0 Å². The summed E-state index contributed by atoms with van der Waals surface area (Å²) < 4.78 is 5.07. The lowest BCUT2D eigenvalue weighted by atomic mass is 10.1. The van der Waals surface area contributed by atoms with E-state index in [4.69, 9.17) is 4.74 Å². The molecule has 0 aromatic carbocycles. The summed E-state index contributed by atoms with van der Waals surface area (Å²) in [6.07, 6.45) is 4.90. The number of methoxy groups -OCH3 is 1. The lowest BCUT2D eigenvalue weighted by molar-refractivity contribution is -0.130. The summed E-state index contributed by atoms with van der Waals surface area (Å²) in [5.41, 5.74) is 0. The molecular weight excluding hydrogens is 256 g/mol. The van der Waals surface area contributed by atoms with Gasteiger partial charge in [-0.2, -0.15) is 0 Å². The van der Waals surface area contributed by atoms with E-state index in [-0.39, 0.29) is 23.8 Å². The molecule has 0 aromatic rings. The van der Waals surface area contributed by atoms with Gasteiger partial charge in [-0.25, -0.2) is 0 Å². The number of carbonyl (C=O) groups excluding carboxylic acids is 2. The van der Waals surface area contributed by atoms with Crippen molar-refractivity contribution in [2.45, 2.75) is 52.0 Å². The minimum Gasteiger partial charge on any atom is -0.383 e. The minimum absolute atomic E-state index is 0.0157. The molecule has 2 atom stereocenters. The van der Waals surface area contributed by atoms with Crippen molar-refractivity contribution >= 4 is 11.8 Å². The Bertz CT molecular complexity index is 320. The van der Waals surface area contributed by atoms with Gasteiger partial charge in [-0.3, -0.25) is 9.59 Å². The van der Waals surface area contributed by atoms with Crippen molar-refractivity contribution in [3.8, 4) is 0 Å². The molecule has 0 saturated carbocycles. The van der Waals surface area contributed by atoms with Crippen LogP contribution in [0.5, 0.6) is 0 Å². The van der Waals surface area contributed by atoms with Gasteiger partial charge in [-0.1, -0.05) is 26.2 Å². The Morgan fingerprint density at radius 2 is 2.20 bits per heavy atom. The number of rotatable bonds is 9. The third-order valence-corrected chi connectivity index (χ3v) is 3.80. The number of hydrogen-bond acceptors (Lipinski definition) is 3. The number of nitrogens with one attached hydrogen (secondary N) is 1. The first kappa shape index (κ1) is 17.0. The number of unbranched alkanes of at least 4 members (excludes halogenated alkanes) is 3. The molecule has 0 aromatic heterocycles. The zero-order chi connectivity index (χ0) is 15.0. The SMILES string of the molecule is CCCCCCNC(=O)[C@H]1CC(=O)N([C@@H](C)COC)C1. The fraction of sp³-hybridized carbons (Fsp3) is 0.867. The monoisotopic (exact) mass is 284 g/mol. The van der Waals surface area contributed by atoms with Crippen LogP contribution in [0.4, 0.5) is 0 Å². The smallest absolute Gasteiger partial charge is 0.225 e. The second-order valence-corrected chi connectivity index (χ2v) is 5.60. The van der Waals surface area contributed by atoms with Crippen molar-refractivity contribution < 1.29 is 14.3 Å². The molecule has 1 fully saturated rings. The fourth-order valence-electron chi connectivity index (χ4n) is 2.57. The van der Waals surface area contributed by atoms with Crippen LogP contribution in [-0.4, -0.2) is 49.6 Å². The van der Waals surface area contributed by atoms with Crippen LogP contribution >= 0.6 is 0 Å². The molecule has 1 aliphatic heterocycles. The van der Waals surface area contributed by atoms with E-state index in [1.54, 1.807) is 12.0 Å². The van der Waals surface area contributed by atoms with Gasteiger partial charge in [-0.05, 0) is 13.3 Å². The van der Waals surface area contributed by atoms with Crippen LogP contribution < -0.4 is 5.32 Å². The van der Waals surface area contributed by atoms with E-state index >= 15 is 0 Å². The summed E-state index contributed by atoms with van der Waals surface area (Å²) in [4.78, 5) is 25.7. The second-order valence-electron chi connectivity index (χ2n) is 5.60. The van der Waals surface area contributed by atoms with Crippen molar-refractivity contribution in [1.82, 2.24) is 10.2 Å². The van der Waals surface area contributed by atoms with Crippen molar-refractivity contribution in [2.75, 3.05) is 26.8 Å². The highest BCUT2D eigenvalue weighted by Crippen LogP contribution is 2.20. The lowest BCUT2D eigenvalue weighted by Gasteiger charge is -2.23. The minimum atomic E-state index is -0.201. The molecule has 2 amide bonds. The van der Waals surface area contributed by atoms with Crippen LogP contribution in [0.2, 0.25) is 0 Å². The predicted molar refractivity (Wildman–Crippen MR) is 78.3 cm³/mol. The molecule has 0 aliphatic carbocycles. The zero-order valence-electron chi connectivity index (χ0n) is 13.0. The molecule has 1 heterocycles. The molecule has 0 spiro atoms. The third kappa shape index (κ3) is 5.12. The van der Waals surface area contributed by atoms with Crippen LogP contribution in [0.1, 0.15) is 46.0 Å². The van der Waals surface area contributed by atoms with E-state index in [0.717, 1.165) is 19.4 Å². The summed E-state index contributed by atoms with van der Waals surface area (Å²) >= 11 is 0. The summed E-state index contributed by atoms with van der Waals surface area (Å²) in [5.74, 6) is -0.129. The quantitative estimate of drug-likeness (QED) is 0.654. The molecule has 116 valence electrons. The number of nitrogens with zero attached hydrogens (tertiary/aromatic N) is 1. The Morgan fingerprint density at radius 1 is 1.45 bits per heavy atom. The number of amides is 2. The largest absolute Gasteiger partial charge is 0.383 e. The van der Waals surface area contributed by atoms with Crippen LogP contribution in [0.25, 0.3) is 0 Å². The Morgan fingerprint density at radius 3 is 2.85 bits per heavy atom. The highest BCUT2D eigenvalue weighted by Gasteiger charge is 2.36. The first-order valence-electron chi connectivity index (χ1n) is 7.66. The van der Waals surface area contributed by atoms with Gasteiger partial charge in [0.15, 0.2) is 0 Å². The van der Waals surface area contributed by atoms with Gasteiger partial charge in [0.05, 0.1) is 18.6 Å².